The Morgan fingerprint density at radius 2 is 2.22 bits per heavy atom. The van der Waals surface area contributed by atoms with Crippen molar-refractivity contribution in [2.45, 2.75) is 0 Å². The summed E-state index contributed by atoms with van der Waals surface area (Å²) in [5, 5.41) is 0.264. The molecule has 52 valence electrons. The minimum atomic E-state index is -0.441. The van der Waals surface area contributed by atoms with E-state index in [-0.39, 0.29) is 18.2 Å². The van der Waals surface area contributed by atoms with Crippen LogP contribution in [0.1, 0.15) is 0 Å². The Labute approximate surface area is 53.0 Å². The summed E-state index contributed by atoms with van der Waals surface area (Å²) in [4.78, 5) is 12.3. The van der Waals surface area contributed by atoms with Gasteiger partial charge in [0.05, 0.1) is 13.1 Å². The highest BCUT2D eigenvalue weighted by molar-refractivity contribution is 5.77. The van der Waals surface area contributed by atoms with Gasteiger partial charge in [0.25, 0.3) is 5.91 Å². The van der Waals surface area contributed by atoms with Crippen molar-refractivity contribution in [2.75, 3.05) is 26.7 Å². The minimum absolute atomic E-state index is 0.204. The molecule has 0 N–H and O–H groups in total. The molecule has 0 spiro atoms. The quantitative estimate of drug-likeness (QED) is 0.420. The van der Waals surface area contributed by atoms with Crippen LogP contribution in [0.25, 0.3) is 0 Å². The summed E-state index contributed by atoms with van der Waals surface area (Å²) in [5.74, 6) is -0.441. The molecule has 1 fully saturated rings. The first-order valence-electron chi connectivity index (χ1n) is 2.85. The summed E-state index contributed by atoms with van der Waals surface area (Å²) >= 11 is 0. The Hall–Kier alpha value is -0.640. The van der Waals surface area contributed by atoms with E-state index in [2.05, 4.69) is 0 Å². The number of amides is 1. The fraction of sp³-hybridized carbons (Fsp3) is 0.800. The molecule has 9 heavy (non-hydrogen) atoms. The van der Waals surface area contributed by atoms with Crippen molar-refractivity contribution in [3.63, 3.8) is 0 Å². The van der Waals surface area contributed by atoms with Crippen LogP contribution in [0.5, 0.6) is 0 Å². The molecule has 4 heteroatoms. The molecule has 3 nitrogen and oxygen atoms in total. The Morgan fingerprint density at radius 3 is 2.67 bits per heavy atom. The van der Waals surface area contributed by atoms with Gasteiger partial charge in [0, 0.05) is 6.54 Å². The van der Waals surface area contributed by atoms with Gasteiger partial charge in [-0.2, -0.15) is 5.12 Å². The lowest BCUT2D eigenvalue weighted by Crippen LogP contribution is -2.44. The number of likely N-dealkylation sites (N-methyl/N-ethyl adjacent to an activating group) is 1. The van der Waals surface area contributed by atoms with Gasteiger partial charge in [0.1, 0.15) is 0 Å². The second-order valence-electron chi connectivity index (χ2n) is 2.22. The number of hydrogen-bond donors (Lipinski definition) is 0. The van der Waals surface area contributed by atoms with E-state index in [9.17, 15) is 9.28 Å². The second kappa shape index (κ2) is 2.31. The van der Waals surface area contributed by atoms with Gasteiger partial charge in [-0.25, -0.2) is 0 Å². The summed E-state index contributed by atoms with van der Waals surface area (Å²) in [6, 6.07) is 0. The zero-order chi connectivity index (χ0) is 6.85. The lowest BCUT2D eigenvalue weighted by molar-refractivity contribution is -0.152. The minimum Gasteiger partial charge on any atom is -0.296 e. The zero-order valence-corrected chi connectivity index (χ0v) is 5.30. The molecule has 1 amide bonds. The van der Waals surface area contributed by atoms with E-state index in [0.29, 0.717) is 6.54 Å². The SMILES string of the molecule is CN1CCN(F)C(=O)C1. The molecule has 0 radical (unpaired) electrons. The van der Waals surface area contributed by atoms with E-state index in [1.165, 1.54) is 0 Å². The van der Waals surface area contributed by atoms with E-state index in [0.717, 1.165) is 0 Å². The maximum atomic E-state index is 12.2. The normalized spacial score (nSPS) is 22.9. The molecule has 0 aromatic heterocycles. The van der Waals surface area contributed by atoms with Crippen LogP contribution in [0.4, 0.5) is 4.48 Å². The van der Waals surface area contributed by atoms with E-state index in [1.807, 2.05) is 0 Å². The number of carbonyl (C=O) groups is 1. The van der Waals surface area contributed by atoms with Crippen LogP contribution >= 0.6 is 0 Å². The van der Waals surface area contributed by atoms with Gasteiger partial charge in [0.2, 0.25) is 0 Å². The summed E-state index contributed by atoms with van der Waals surface area (Å²) in [5.41, 5.74) is 0. The van der Waals surface area contributed by atoms with Crippen molar-refractivity contribution < 1.29 is 9.28 Å². The molecule has 0 bridgehead atoms. The average Bonchev–Trinajstić information content (AvgIpc) is 1.80. The lowest BCUT2D eigenvalue weighted by atomic mass is 10.4. The van der Waals surface area contributed by atoms with Crippen LogP contribution in [0, 0.1) is 0 Å². The number of piperazine rings is 1. The van der Waals surface area contributed by atoms with Crippen molar-refractivity contribution in [1.29, 1.82) is 0 Å². The van der Waals surface area contributed by atoms with Crippen molar-refractivity contribution in [3.05, 3.63) is 0 Å². The predicted molar refractivity (Wildman–Crippen MR) is 30.3 cm³/mol. The van der Waals surface area contributed by atoms with Crippen molar-refractivity contribution in [2.24, 2.45) is 0 Å². The van der Waals surface area contributed by atoms with E-state index < -0.39 is 5.91 Å². The number of rotatable bonds is 0. The topological polar surface area (TPSA) is 23.6 Å². The second-order valence-corrected chi connectivity index (χ2v) is 2.22. The molecule has 0 unspecified atom stereocenters. The third-order valence-electron chi connectivity index (χ3n) is 1.35. The van der Waals surface area contributed by atoms with Crippen molar-refractivity contribution >= 4 is 5.91 Å². The predicted octanol–water partition coefficient (Wildman–Crippen LogP) is -0.355. The molecular weight excluding hydrogens is 123 g/mol. The van der Waals surface area contributed by atoms with Crippen molar-refractivity contribution in [1.82, 2.24) is 10.0 Å². The maximum absolute atomic E-state index is 12.2. The first kappa shape index (κ1) is 6.48. The lowest BCUT2D eigenvalue weighted by Gasteiger charge is -2.24. The molecule has 0 atom stereocenters. The molecule has 1 rings (SSSR count). The maximum Gasteiger partial charge on any atom is 0.264 e. The summed E-state index contributed by atoms with van der Waals surface area (Å²) in [6.45, 7) is 1.04. The summed E-state index contributed by atoms with van der Waals surface area (Å²) < 4.78 is 12.2. The van der Waals surface area contributed by atoms with E-state index >= 15 is 0 Å². The zero-order valence-electron chi connectivity index (χ0n) is 5.30. The Morgan fingerprint density at radius 1 is 1.56 bits per heavy atom. The van der Waals surface area contributed by atoms with Gasteiger partial charge in [-0.15, -0.1) is 0 Å². The van der Waals surface area contributed by atoms with Gasteiger partial charge in [0.15, 0.2) is 0 Å². The standard InChI is InChI=1S/C5H9FN2O/c1-7-2-3-8(6)5(9)4-7/h2-4H2,1H3. The van der Waals surface area contributed by atoms with Gasteiger partial charge >= 0.3 is 0 Å². The van der Waals surface area contributed by atoms with Crippen LogP contribution in [0.2, 0.25) is 0 Å². The number of nitrogens with zero attached hydrogens (tertiary/aromatic N) is 2. The molecule has 1 saturated heterocycles. The van der Waals surface area contributed by atoms with Crippen molar-refractivity contribution in [3.8, 4) is 0 Å². The van der Waals surface area contributed by atoms with E-state index in [4.69, 9.17) is 0 Å². The molecule has 1 aliphatic heterocycles. The monoisotopic (exact) mass is 132 g/mol. The van der Waals surface area contributed by atoms with E-state index in [1.54, 1.807) is 11.9 Å². The fourth-order valence-corrected chi connectivity index (χ4v) is 0.770. The summed E-state index contributed by atoms with van der Waals surface area (Å²) in [6.07, 6.45) is 0. The number of halogens is 1. The fourth-order valence-electron chi connectivity index (χ4n) is 0.770. The molecule has 1 aliphatic rings. The average molecular weight is 132 g/mol. The first-order chi connectivity index (χ1) is 4.20. The van der Waals surface area contributed by atoms with Crippen LogP contribution < -0.4 is 0 Å². The highest BCUT2D eigenvalue weighted by atomic mass is 19.2. The number of hydrogen-bond acceptors (Lipinski definition) is 2. The van der Waals surface area contributed by atoms with Crippen LogP contribution in [0.3, 0.4) is 0 Å². The Kier molecular flexibility index (Phi) is 1.66. The van der Waals surface area contributed by atoms with Crippen LogP contribution in [0.15, 0.2) is 0 Å². The van der Waals surface area contributed by atoms with Crippen LogP contribution in [-0.4, -0.2) is 42.6 Å². The first-order valence-corrected chi connectivity index (χ1v) is 2.85. The molecule has 0 aliphatic carbocycles. The van der Waals surface area contributed by atoms with Gasteiger partial charge in [-0.05, 0) is 7.05 Å². The molecule has 0 aromatic carbocycles. The summed E-state index contributed by atoms with van der Waals surface area (Å²) in [7, 11) is 1.80. The molecular formula is C5H9FN2O. The third kappa shape index (κ3) is 1.38. The molecule has 0 saturated carbocycles. The highest BCUT2D eigenvalue weighted by Gasteiger charge is 2.20. The largest absolute Gasteiger partial charge is 0.296 e. The number of carbonyl (C=O) groups excluding carboxylic acids is 1. The van der Waals surface area contributed by atoms with Gasteiger partial charge in [-0.1, -0.05) is 4.48 Å². The smallest absolute Gasteiger partial charge is 0.264 e. The van der Waals surface area contributed by atoms with Crippen LogP contribution in [-0.2, 0) is 4.79 Å². The Bertz CT molecular complexity index is 128. The molecule has 1 heterocycles. The highest BCUT2D eigenvalue weighted by Crippen LogP contribution is 1.99. The Balaban J connectivity index is 2.44. The molecule has 0 aromatic rings. The van der Waals surface area contributed by atoms with Gasteiger partial charge in [-0.3, -0.25) is 9.69 Å². The third-order valence-corrected chi connectivity index (χ3v) is 1.35. The van der Waals surface area contributed by atoms with Gasteiger partial charge < -0.3 is 0 Å².